The van der Waals surface area contributed by atoms with E-state index in [-0.39, 0.29) is 31.9 Å². The fourth-order valence-corrected chi connectivity index (χ4v) is 11.4. The first-order chi connectivity index (χ1) is 33.9. The Bertz CT molecular complexity index is 3900. The van der Waals surface area contributed by atoms with Crippen molar-refractivity contribution < 1.29 is 20.1 Å². The fraction of sp³-hybridized carbons (Fsp3) is 0.0938. The van der Waals surface area contributed by atoms with Crippen LogP contribution in [0.25, 0.3) is 109 Å². The molecule has 0 spiro atoms. The molecule has 4 nitrogen and oxygen atoms in total. The Hall–Kier alpha value is -7.47. The van der Waals surface area contributed by atoms with Crippen LogP contribution < -0.4 is 0 Å². The van der Waals surface area contributed by atoms with Crippen LogP contribution in [0.4, 0.5) is 0 Å². The number of nitrogens with zero attached hydrogens (tertiary/aromatic N) is 4. The van der Waals surface area contributed by atoms with Gasteiger partial charge in [0.25, 0.3) is 0 Å². The van der Waals surface area contributed by atoms with Crippen molar-refractivity contribution in [2.75, 3.05) is 0 Å². The monoisotopic (exact) mass is 1100 g/mol. The van der Waals surface area contributed by atoms with E-state index in [0.29, 0.717) is 0 Å². The predicted octanol–water partition coefficient (Wildman–Crippen LogP) is 17.6. The third kappa shape index (κ3) is 7.73. The molecule has 0 amide bonds. The number of rotatable bonds is 7. The standard InChI is InChI=1S/C53H40N3S.C11H8N.Ir/c1-32(2)42-30-36(34-16-6-5-7-17-34)31-43(33(3)4)50(42)56-51-37-19-9-8-18-35(37)26-28-44(51)54-53(56)41-27-29-47(49-40-22-12-15-25-48(40)57-52(41)49)55-45-23-13-10-20-38(45)39-21-11-14-24-46(39)55;1-2-6-10(7-3-1)11-8-4-5-9-12-11;/h5-26,28-33H,1-4H3;1-6,8-9H;/q2*-1;. The zero-order valence-corrected chi connectivity index (χ0v) is 42.5. The van der Waals surface area contributed by atoms with Crippen LogP contribution in [0.3, 0.4) is 0 Å². The molecule has 0 atom stereocenters. The molecule has 0 fully saturated rings. The van der Waals surface area contributed by atoms with E-state index >= 15 is 0 Å². The van der Waals surface area contributed by atoms with Crippen LogP contribution >= 0.6 is 11.3 Å². The molecule has 1 radical (unpaired) electrons. The maximum atomic E-state index is 5.64. The fourth-order valence-electron chi connectivity index (χ4n) is 10.2. The molecule has 13 aromatic rings. The second-order valence-electron chi connectivity index (χ2n) is 18.3. The van der Waals surface area contributed by atoms with Crippen LogP contribution in [0.5, 0.6) is 0 Å². The van der Waals surface area contributed by atoms with Gasteiger partial charge < -0.3 is 14.1 Å². The van der Waals surface area contributed by atoms with Crippen LogP contribution in [0.2, 0.25) is 0 Å². The Labute approximate surface area is 425 Å². The summed E-state index contributed by atoms with van der Waals surface area (Å²) in [6.07, 6.45) is 1.79. The molecule has 0 bridgehead atoms. The average molecular weight is 1100 g/mol. The summed E-state index contributed by atoms with van der Waals surface area (Å²) in [6.45, 7) is 9.30. The van der Waals surface area contributed by atoms with Gasteiger partial charge in [-0.15, -0.1) is 48.0 Å². The summed E-state index contributed by atoms with van der Waals surface area (Å²) in [7, 11) is 0. The minimum atomic E-state index is 0. The first-order valence-electron chi connectivity index (χ1n) is 23.8. The minimum absolute atomic E-state index is 0. The molecule has 0 N–H and O–H groups in total. The Morgan fingerprint density at radius 3 is 1.84 bits per heavy atom. The van der Waals surface area contributed by atoms with Crippen LogP contribution in [-0.4, -0.2) is 19.1 Å². The quantitative estimate of drug-likeness (QED) is 0.149. The second kappa shape index (κ2) is 18.8. The van der Waals surface area contributed by atoms with Gasteiger partial charge in [0, 0.05) is 63.9 Å². The van der Waals surface area contributed by atoms with Crippen LogP contribution in [-0.2, 0) is 20.1 Å². The van der Waals surface area contributed by atoms with Gasteiger partial charge in [0.1, 0.15) is 0 Å². The van der Waals surface area contributed by atoms with Crippen molar-refractivity contribution in [1.82, 2.24) is 19.1 Å². The van der Waals surface area contributed by atoms with Gasteiger partial charge in [-0.3, -0.25) is 4.98 Å². The number of thiophene rings is 1. The Balaban J connectivity index is 0.000000359. The molecule has 0 aliphatic rings. The molecule has 0 saturated heterocycles. The van der Waals surface area contributed by atoms with Crippen molar-refractivity contribution in [3.8, 4) is 45.1 Å². The first kappa shape index (κ1) is 45.0. The van der Waals surface area contributed by atoms with E-state index in [1.807, 2.05) is 53.8 Å². The summed E-state index contributed by atoms with van der Waals surface area (Å²) in [5.74, 6) is 1.43. The Morgan fingerprint density at radius 1 is 0.543 bits per heavy atom. The Morgan fingerprint density at radius 2 is 1.17 bits per heavy atom. The predicted molar refractivity (Wildman–Crippen MR) is 292 cm³/mol. The molecule has 4 heterocycles. The number of aromatic nitrogens is 4. The summed E-state index contributed by atoms with van der Waals surface area (Å²) >= 11 is 1.85. The molecular weight excluding hydrogens is 1050 g/mol. The minimum Gasteiger partial charge on any atom is -0.350 e. The van der Waals surface area contributed by atoms with Gasteiger partial charge in [0.05, 0.1) is 16.9 Å². The van der Waals surface area contributed by atoms with Crippen LogP contribution in [0.15, 0.2) is 206 Å². The van der Waals surface area contributed by atoms with Gasteiger partial charge in [0.2, 0.25) is 0 Å². The number of benzene rings is 9. The smallest absolute Gasteiger partial charge is 0.0781 e. The zero-order chi connectivity index (χ0) is 46.6. The summed E-state index contributed by atoms with van der Waals surface area (Å²) in [6, 6.07) is 78.2. The average Bonchev–Trinajstić information content (AvgIpc) is 4.10. The van der Waals surface area contributed by atoms with Crippen molar-refractivity contribution in [1.29, 1.82) is 0 Å². The van der Waals surface area contributed by atoms with Crippen molar-refractivity contribution in [3.63, 3.8) is 0 Å². The number of imidazole rings is 1. The van der Waals surface area contributed by atoms with E-state index in [9.17, 15) is 0 Å². The molecular formula is C64H48IrN4S-2. The number of hydrogen-bond donors (Lipinski definition) is 0. The van der Waals surface area contributed by atoms with Gasteiger partial charge in [-0.05, 0) is 103 Å². The number of pyridine rings is 1. The molecule has 6 heteroatoms. The summed E-state index contributed by atoms with van der Waals surface area (Å²) in [4.78, 5) is 9.85. The molecule has 4 aromatic heterocycles. The number of hydrogen-bond acceptors (Lipinski definition) is 3. The summed E-state index contributed by atoms with van der Waals surface area (Å²) in [5.41, 5.74) is 15.0. The van der Waals surface area contributed by atoms with E-state index in [4.69, 9.17) is 4.98 Å². The number of fused-ring (bicyclic) bond motifs is 9. The Kier molecular flexibility index (Phi) is 12.1. The van der Waals surface area contributed by atoms with Gasteiger partial charge in [0.15, 0.2) is 0 Å². The topological polar surface area (TPSA) is 35.6 Å². The van der Waals surface area contributed by atoms with Crippen LogP contribution in [0.1, 0.15) is 50.7 Å². The van der Waals surface area contributed by atoms with Crippen molar-refractivity contribution >= 4 is 75.1 Å². The molecule has 341 valence electrons. The van der Waals surface area contributed by atoms with Crippen molar-refractivity contribution in [3.05, 3.63) is 230 Å². The molecule has 0 aliphatic carbocycles. The van der Waals surface area contributed by atoms with E-state index in [0.717, 1.165) is 39.4 Å². The van der Waals surface area contributed by atoms with Gasteiger partial charge in [-0.25, -0.2) is 0 Å². The summed E-state index contributed by atoms with van der Waals surface area (Å²) in [5, 5.41) is 7.37. The maximum absolute atomic E-state index is 5.64. The van der Waals surface area contributed by atoms with Crippen LogP contribution in [0, 0.1) is 12.1 Å². The largest absolute Gasteiger partial charge is 0.350 e. The van der Waals surface area contributed by atoms with Gasteiger partial charge >= 0.3 is 0 Å². The SMILES string of the molecule is CC(C)c1cc(-c2ccccc2)cc(C(C)C)c1-n1c(-c2[c-]cc(-n3c4ccccc4c4ccccc43)c3c2sc2ccccc23)nc2ccc3ccccc3c21.[Ir].[c-]1ccccc1-c1ccccn1. The molecule has 9 aromatic carbocycles. The van der Waals surface area contributed by atoms with E-state index < -0.39 is 0 Å². The maximum Gasteiger partial charge on any atom is 0.0781 e. The molecule has 13 rings (SSSR count). The van der Waals surface area contributed by atoms with Gasteiger partial charge in [-0.1, -0.05) is 166 Å². The van der Waals surface area contributed by atoms with Crippen molar-refractivity contribution in [2.45, 2.75) is 39.5 Å². The van der Waals surface area contributed by atoms with E-state index in [1.54, 1.807) is 6.20 Å². The van der Waals surface area contributed by atoms with E-state index in [1.165, 1.54) is 80.7 Å². The van der Waals surface area contributed by atoms with Crippen molar-refractivity contribution in [2.24, 2.45) is 0 Å². The first-order valence-corrected chi connectivity index (χ1v) is 24.6. The molecule has 0 saturated carbocycles. The molecule has 0 unspecified atom stereocenters. The third-order valence-corrected chi connectivity index (χ3v) is 14.6. The van der Waals surface area contributed by atoms with E-state index in [2.05, 4.69) is 212 Å². The number of para-hydroxylation sites is 2. The molecule has 70 heavy (non-hydrogen) atoms. The summed E-state index contributed by atoms with van der Waals surface area (Å²) < 4.78 is 7.39. The normalized spacial score (nSPS) is 11.6. The second-order valence-corrected chi connectivity index (χ2v) is 19.4. The van der Waals surface area contributed by atoms with Gasteiger partial charge in [-0.2, -0.15) is 11.3 Å². The third-order valence-electron chi connectivity index (χ3n) is 13.4. The molecule has 0 aliphatic heterocycles. The zero-order valence-electron chi connectivity index (χ0n) is 39.3.